The molecule has 92 valence electrons. The van der Waals surface area contributed by atoms with Crippen LogP contribution in [0, 0.1) is 18.3 Å². The number of halogens is 2. The van der Waals surface area contributed by atoms with E-state index in [1.165, 1.54) is 4.90 Å². The lowest BCUT2D eigenvalue weighted by Gasteiger charge is -2.26. The average Bonchev–Trinajstić information content (AvgIpc) is 2.27. The molecule has 1 aromatic rings. The van der Waals surface area contributed by atoms with Gasteiger partial charge in [-0.05, 0) is 18.6 Å². The third-order valence-corrected chi connectivity index (χ3v) is 2.40. The van der Waals surface area contributed by atoms with Crippen LogP contribution in [0.3, 0.4) is 0 Å². The van der Waals surface area contributed by atoms with Crippen LogP contribution in [0.25, 0.3) is 0 Å². The van der Waals surface area contributed by atoms with Crippen molar-refractivity contribution >= 4 is 5.69 Å². The fourth-order valence-electron chi connectivity index (χ4n) is 1.75. The summed E-state index contributed by atoms with van der Waals surface area (Å²) in [5.74, 6) is 0. The molecule has 0 heterocycles. The number of aliphatic hydroxyl groups excluding tert-OH is 1. The highest BCUT2D eigenvalue weighted by atomic mass is 19.3. The number of para-hydroxylation sites is 1. The molecule has 0 atom stereocenters. The number of hydrogen-bond acceptors (Lipinski definition) is 3. The lowest BCUT2D eigenvalue weighted by atomic mass is 10.1. The van der Waals surface area contributed by atoms with Gasteiger partial charge in [-0.3, -0.25) is 0 Å². The van der Waals surface area contributed by atoms with Gasteiger partial charge in [0.15, 0.2) is 0 Å². The highest BCUT2D eigenvalue weighted by Gasteiger charge is 2.17. The van der Waals surface area contributed by atoms with E-state index in [2.05, 4.69) is 0 Å². The van der Waals surface area contributed by atoms with Gasteiger partial charge in [-0.1, -0.05) is 12.1 Å². The Kier molecular flexibility index (Phi) is 4.85. The van der Waals surface area contributed by atoms with Gasteiger partial charge >= 0.3 is 0 Å². The Bertz CT molecular complexity index is 415. The Morgan fingerprint density at radius 3 is 2.71 bits per heavy atom. The van der Waals surface area contributed by atoms with Crippen molar-refractivity contribution < 1.29 is 13.9 Å². The first-order valence-corrected chi connectivity index (χ1v) is 5.23. The zero-order chi connectivity index (χ0) is 12.8. The molecular formula is C12H14F2N2O. The monoisotopic (exact) mass is 240 g/mol. The van der Waals surface area contributed by atoms with E-state index in [4.69, 9.17) is 10.4 Å². The molecular weight excluding hydrogens is 226 g/mol. The van der Waals surface area contributed by atoms with E-state index < -0.39 is 13.0 Å². The Hall–Kier alpha value is -1.67. The molecule has 0 bridgehead atoms. The molecule has 0 fully saturated rings. The fourth-order valence-corrected chi connectivity index (χ4v) is 1.75. The lowest BCUT2D eigenvalue weighted by molar-refractivity contribution is 0.152. The average molecular weight is 240 g/mol. The Morgan fingerprint density at radius 1 is 1.47 bits per heavy atom. The number of alkyl halides is 2. The van der Waals surface area contributed by atoms with Crippen molar-refractivity contribution in [3.8, 4) is 6.07 Å². The molecule has 5 heteroatoms. The smallest absolute Gasteiger partial charge is 0.255 e. The molecule has 3 nitrogen and oxygen atoms in total. The topological polar surface area (TPSA) is 47.3 Å². The lowest BCUT2D eigenvalue weighted by Crippen LogP contribution is -2.32. The molecule has 1 rings (SSSR count). The number of aliphatic hydroxyl groups is 1. The summed E-state index contributed by atoms with van der Waals surface area (Å²) in [7, 11) is 0. The first kappa shape index (κ1) is 13.4. The van der Waals surface area contributed by atoms with Crippen molar-refractivity contribution in [3.63, 3.8) is 0 Å². The van der Waals surface area contributed by atoms with Crippen molar-refractivity contribution in [2.75, 3.05) is 24.6 Å². The summed E-state index contributed by atoms with van der Waals surface area (Å²) in [6, 6.07) is 7.02. The van der Waals surface area contributed by atoms with Crippen LogP contribution in [0.4, 0.5) is 14.5 Å². The summed E-state index contributed by atoms with van der Waals surface area (Å²) in [5.41, 5.74) is 1.57. The molecule has 0 amide bonds. The largest absolute Gasteiger partial charge is 0.395 e. The number of rotatable bonds is 5. The molecule has 0 aliphatic heterocycles. The van der Waals surface area contributed by atoms with E-state index in [9.17, 15) is 8.78 Å². The predicted molar refractivity (Wildman–Crippen MR) is 61.2 cm³/mol. The normalized spacial score (nSPS) is 10.4. The summed E-state index contributed by atoms with van der Waals surface area (Å²) in [6.45, 7) is 1.13. The Balaban J connectivity index is 3.13. The second-order valence-corrected chi connectivity index (χ2v) is 3.64. The summed E-state index contributed by atoms with van der Waals surface area (Å²) in [5, 5.41) is 17.9. The third kappa shape index (κ3) is 3.40. The third-order valence-electron chi connectivity index (χ3n) is 2.40. The first-order chi connectivity index (χ1) is 8.10. The molecule has 0 saturated carbocycles. The van der Waals surface area contributed by atoms with Gasteiger partial charge < -0.3 is 10.0 Å². The van der Waals surface area contributed by atoms with Gasteiger partial charge in [0.1, 0.15) is 6.07 Å². The summed E-state index contributed by atoms with van der Waals surface area (Å²) in [6.07, 6.45) is -2.51. The zero-order valence-corrected chi connectivity index (χ0v) is 9.53. The molecule has 1 N–H and O–H groups in total. The molecule has 0 radical (unpaired) electrons. The van der Waals surface area contributed by atoms with E-state index in [0.717, 1.165) is 5.56 Å². The van der Waals surface area contributed by atoms with Crippen molar-refractivity contribution in [2.45, 2.75) is 13.3 Å². The quantitative estimate of drug-likeness (QED) is 0.855. The van der Waals surface area contributed by atoms with Crippen molar-refractivity contribution in [3.05, 3.63) is 29.3 Å². The second-order valence-electron chi connectivity index (χ2n) is 3.64. The maximum Gasteiger partial charge on any atom is 0.255 e. The maximum atomic E-state index is 12.5. The van der Waals surface area contributed by atoms with Crippen LogP contribution >= 0.6 is 0 Å². The molecule has 17 heavy (non-hydrogen) atoms. The van der Waals surface area contributed by atoms with Crippen molar-refractivity contribution in [1.29, 1.82) is 5.26 Å². The van der Waals surface area contributed by atoms with Crippen molar-refractivity contribution in [2.24, 2.45) is 0 Å². The van der Waals surface area contributed by atoms with Crippen LogP contribution in [0.1, 0.15) is 11.1 Å². The van der Waals surface area contributed by atoms with Gasteiger partial charge in [0.2, 0.25) is 0 Å². The minimum atomic E-state index is -2.51. The summed E-state index contributed by atoms with van der Waals surface area (Å²) < 4.78 is 24.9. The number of hydrogen-bond donors (Lipinski definition) is 1. The number of anilines is 1. The fraction of sp³-hybridized carbons (Fsp3) is 0.417. The van der Waals surface area contributed by atoms with Gasteiger partial charge in [-0.25, -0.2) is 8.78 Å². The highest BCUT2D eigenvalue weighted by Crippen LogP contribution is 2.25. The summed E-state index contributed by atoms with van der Waals surface area (Å²) in [4.78, 5) is 1.35. The summed E-state index contributed by atoms with van der Waals surface area (Å²) >= 11 is 0. The number of nitrogens with zero attached hydrogens (tertiary/aromatic N) is 2. The molecule has 0 unspecified atom stereocenters. The number of aryl methyl sites for hydroxylation is 1. The zero-order valence-electron chi connectivity index (χ0n) is 9.53. The molecule has 0 aromatic heterocycles. The SMILES string of the molecule is Cc1cccc(C#N)c1N(CCO)CC(F)F. The maximum absolute atomic E-state index is 12.5. The molecule has 0 aliphatic rings. The van der Waals surface area contributed by atoms with Crippen molar-refractivity contribution in [1.82, 2.24) is 0 Å². The number of benzene rings is 1. The molecule has 0 saturated heterocycles. The molecule has 0 spiro atoms. The molecule has 0 aliphatic carbocycles. The van der Waals surface area contributed by atoms with E-state index in [0.29, 0.717) is 11.3 Å². The van der Waals surface area contributed by atoms with Gasteiger partial charge in [-0.2, -0.15) is 5.26 Å². The van der Waals surface area contributed by atoms with Crippen LogP contribution in [-0.2, 0) is 0 Å². The van der Waals surface area contributed by atoms with Crippen LogP contribution in [0.2, 0.25) is 0 Å². The minimum absolute atomic E-state index is 0.0872. The van der Waals surface area contributed by atoms with Gasteiger partial charge in [0, 0.05) is 6.54 Å². The first-order valence-electron chi connectivity index (χ1n) is 5.23. The number of nitriles is 1. The van der Waals surface area contributed by atoms with Crippen LogP contribution in [0.5, 0.6) is 0 Å². The standard InChI is InChI=1S/C12H14F2N2O/c1-9-3-2-4-10(7-15)12(9)16(5-6-17)8-11(13)14/h2-4,11,17H,5-6,8H2,1H3. The van der Waals surface area contributed by atoms with Crippen LogP contribution in [0.15, 0.2) is 18.2 Å². The Morgan fingerprint density at radius 2 is 2.18 bits per heavy atom. The highest BCUT2D eigenvalue weighted by molar-refractivity contribution is 5.64. The van der Waals surface area contributed by atoms with Gasteiger partial charge in [0.05, 0.1) is 24.4 Å². The van der Waals surface area contributed by atoms with E-state index in [-0.39, 0.29) is 13.2 Å². The molecule has 1 aromatic carbocycles. The van der Waals surface area contributed by atoms with E-state index in [1.807, 2.05) is 6.07 Å². The van der Waals surface area contributed by atoms with Gasteiger partial charge in [-0.15, -0.1) is 0 Å². The van der Waals surface area contributed by atoms with E-state index >= 15 is 0 Å². The van der Waals surface area contributed by atoms with Crippen LogP contribution in [-0.4, -0.2) is 31.2 Å². The van der Waals surface area contributed by atoms with Crippen LogP contribution < -0.4 is 4.90 Å². The predicted octanol–water partition coefficient (Wildman–Crippen LogP) is 1.93. The van der Waals surface area contributed by atoms with E-state index in [1.54, 1.807) is 25.1 Å². The minimum Gasteiger partial charge on any atom is -0.395 e. The second kappa shape index (κ2) is 6.16. The van der Waals surface area contributed by atoms with Gasteiger partial charge in [0.25, 0.3) is 6.43 Å². The Labute approximate surface area is 98.9 Å².